The third-order valence-corrected chi connectivity index (χ3v) is 3.28. The van der Waals surface area contributed by atoms with Crippen molar-refractivity contribution in [2.45, 2.75) is 38.1 Å². The number of rotatable bonds is 7. The SMILES string of the molecule is NC(=O)CC(NC(=O)CCC1CCNCC1)C(=O)O. The third-order valence-electron chi connectivity index (χ3n) is 3.28. The van der Waals surface area contributed by atoms with Gasteiger partial charge in [0, 0.05) is 6.42 Å². The second-order valence-electron chi connectivity index (χ2n) is 4.86. The molecule has 7 nitrogen and oxygen atoms in total. The molecule has 0 aromatic heterocycles. The molecule has 2 amide bonds. The lowest BCUT2D eigenvalue weighted by Gasteiger charge is -2.22. The molecule has 108 valence electrons. The van der Waals surface area contributed by atoms with Crippen LogP contribution < -0.4 is 16.4 Å². The predicted molar refractivity (Wildman–Crippen MR) is 68.2 cm³/mol. The maximum atomic E-state index is 11.6. The van der Waals surface area contributed by atoms with Crippen molar-refractivity contribution in [2.75, 3.05) is 13.1 Å². The molecule has 7 heteroatoms. The molecule has 1 fully saturated rings. The Hall–Kier alpha value is -1.63. The van der Waals surface area contributed by atoms with Gasteiger partial charge in [-0.25, -0.2) is 4.79 Å². The largest absolute Gasteiger partial charge is 0.480 e. The van der Waals surface area contributed by atoms with Crippen molar-refractivity contribution < 1.29 is 19.5 Å². The molecular formula is C12H21N3O4. The maximum Gasteiger partial charge on any atom is 0.326 e. The normalized spacial score (nSPS) is 17.7. The lowest BCUT2D eigenvalue weighted by Crippen LogP contribution is -2.43. The first-order valence-electron chi connectivity index (χ1n) is 6.50. The first kappa shape index (κ1) is 15.4. The van der Waals surface area contributed by atoms with Crippen molar-refractivity contribution in [3.8, 4) is 0 Å². The number of aliphatic carboxylic acids is 1. The fourth-order valence-electron chi connectivity index (χ4n) is 2.17. The summed E-state index contributed by atoms with van der Waals surface area (Å²) in [4.78, 5) is 33.2. The summed E-state index contributed by atoms with van der Waals surface area (Å²) in [5, 5.41) is 14.4. The highest BCUT2D eigenvalue weighted by Gasteiger charge is 2.22. The zero-order chi connectivity index (χ0) is 14.3. The maximum absolute atomic E-state index is 11.6. The van der Waals surface area contributed by atoms with E-state index < -0.39 is 17.9 Å². The van der Waals surface area contributed by atoms with Gasteiger partial charge in [-0.15, -0.1) is 0 Å². The van der Waals surface area contributed by atoms with Gasteiger partial charge in [-0.1, -0.05) is 0 Å². The second kappa shape index (κ2) is 7.73. The highest BCUT2D eigenvalue weighted by molar-refractivity contribution is 5.88. The molecule has 0 aliphatic carbocycles. The third kappa shape index (κ3) is 6.19. The average Bonchev–Trinajstić information content (AvgIpc) is 2.36. The van der Waals surface area contributed by atoms with Gasteiger partial charge in [-0.05, 0) is 38.3 Å². The van der Waals surface area contributed by atoms with Crippen molar-refractivity contribution in [1.82, 2.24) is 10.6 Å². The number of carbonyl (C=O) groups is 3. The average molecular weight is 271 g/mol. The molecule has 1 unspecified atom stereocenters. The van der Waals surface area contributed by atoms with Gasteiger partial charge in [-0.3, -0.25) is 9.59 Å². The number of piperidine rings is 1. The molecule has 0 aromatic rings. The molecule has 0 radical (unpaired) electrons. The molecule has 19 heavy (non-hydrogen) atoms. The smallest absolute Gasteiger partial charge is 0.326 e. The number of amides is 2. The Labute approximate surface area is 111 Å². The molecule has 1 heterocycles. The highest BCUT2D eigenvalue weighted by Crippen LogP contribution is 2.17. The van der Waals surface area contributed by atoms with Gasteiger partial charge in [-0.2, -0.15) is 0 Å². The van der Waals surface area contributed by atoms with Crippen LogP contribution in [0.3, 0.4) is 0 Å². The number of carboxylic acid groups (broad SMARTS) is 1. The number of carbonyl (C=O) groups excluding carboxylic acids is 2. The summed E-state index contributed by atoms with van der Waals surface area (Å²) in [5.74, 6) is -1.82. The van der Waals surface area contributed by atoms with Gasteiger partial charge in [0.05, 0.1) is 6.42 Å². The zero-order valence-corrected chi connectivity index (χ0v) is 10.9. The van der Waals surface area contributed by atoms with Gasteiger partial charge < -0.3 is 21.5 Å². The first-order valence-corrected chi connectivity index (χ1v) is 6.50. The molecule has 0 spiro atoms. The molecule has 1 atom stereocenters. The predicted octanol–water partition coefficient (Wildman–Crippen LogP) is -0.789. The highest BCUT2D eigenvalue weighted by atomic mass is 16.4. The van der Waals surface area contributed by atoms with E-state index in [1.807, 2.05) is 0 Å². The Balaban J connectivity index is 2.31. The van der Waals surface area contributed by atoms with E-state index in [1.165, 1.54) is 0 Å². The Morgan fingerprint density at radius 1 is 1.32 bits per heavy atom. The number of nitrogens with two attached hydrogens (primary N) is 1. The fraction of sp³-hybridized carbons (Fsp3) is 0.750. The van der Waals surface area contributed by atoms with Crippen molar-refractivity contribution in [1.29, 1.82) is 0 Å². The first-order chi connectivity index (χ1) is 8.99. The molecule has 5 N–H and O–H groups in total. The Bertz CT molecular complexity index is 340. The van der Waals surface area contributed by atoms with Crippen LogP contribution in [0.15, 0.2) is 0 Å². The molecule has 1 aliphatic rings. The van der Waals surface area contributed by atoms with Crippen LogP contribution in [0.2, 0.25) is 0 Å². The van der Waals surface area contributed by atoms with E-state index in [9.17, 15) is 14.4 Å². The van der Waals surface area contributed by atoms with E-state index in [1.54, 1.807) is 0 Å². The second-order valence-corrected chi connectivity index (χ2v) is 4.86. The van der Waals surface area contributed by atoms with E-state index in [0.29, 0.717) is 5.92 Å². The van der Waals surface area contributed by atoms with Crippen LogP contribution in [-0.4, -0.2) is 42.0 Å². The van der Waals surface area contributed by atoms with Crippen molar-refractivity contribution >= 4 is 17.8 Å². The lowest BCUT2D eigenvalue weighted by atomic mass is 9.93. The van der Waals surface area contributed by atoms with Gasteiger partial charge in [0.15, 0.2) is 0 Å². The number of carboxylic acids is 1. The van der Waals surface area contributed by atoms with E-state index in [-0.39, 0.29) is 18.7 Å². The molecule has 0 saturated carbocycles. The van der Waals surface area contributed by atoms with Gasteiger partial charge >= 0.3 is 5.97 Å². The van der Waals surface area contributed by atoms with Crippen LogP contribution in [0.1, 0.15) is 32.1 Å². The summed E-state index contributed by atoms with van der Waals surface area (Å²) in [6.07, 6.45) is 2.73. The monoisotopic (exact) mass is 271 g/mol. The lowest BCUT2D eigenvalue weighted by molar-refractivity contribution is -0.143. The van der Waals surface area contributed by atoms with Crippen molar-refractivity contribution in [3.63, 3.8) is 0 Å². The molecule has 1 saturated heterocycles. The van der Waals surface area contributed by atoms with Crippen LogP contribution in [0.25, 0.3) is 0 Å². The van der Waals surface area contributed by atoms with Crippen LogP contribution in [0, 0.1) is 5.92 Å². The number of nitrogens with one attached hydrogen (secondary N) is 2. The number of hydrogen-bond donors (Lipinski definition) is 4. The minimum Gasteiger partial charge on any atom is -0.480 e. The zero-order valence-electron chi connectivity index (χ0n) is 10.9. The van der Waals surface area contributed by atoms with Crippen molar-refractivity contribution in [3.05, 3.63) is 0 Å². The van der Waals surface area contributed by atoms with E-state index in [4.69, 9.17) is 10.8 Å². The molecule has 1 aliphatic heterocycles. The summed E-state index contributed by atoms with van der Waals surface area (Å²) in [6, 6.07) is -1.22. The summed E-state index contributed by atoms with van der Waals surface area (Å²) in [7, 11) is 0. The Morgan fingerprint density at radius 3 is 2.47 bits per heavy atom. The Kier molecular flexibility index (Phi) is 6.27. The van der Waals surface area contributed by atoms with Crippen LogP contribution in [0.4, 0.5) is 0 Å². The topological polar surface area (TPSA) is 122 Å². The van der Waals surface area contributed by atoms with Gasteiger partial charge in [0.2, 0.25) is 11.8 Å². The molecule has 1 rings (SSSR count). The van der Waals surface area contributed by atoms with E-state index >= 15 is 0 Å². The Morgan fingerprint density at radius 2 is 1.95 bits per heavy atom. The molecule has 0 aromatic carbocycles. The molecule has 0 bridgehead atoms. The van der Waals surface area contributed by atoms with Crippen molar-refractivity contribution in [2.24, 2.45) is 11.7 Å². The number of primary amides is 1. The van der Waals surface area contributed by atoms with Crippen LogP contribution in [0.5, 0.6) is 0 Å². The summed E-state index contributed by atoms with van der Waals surface area (Å²) >= 11 is 0. The van der Waals surface area contributed by atoms with E-state index in [0.717, 1.165) is 32.4 Å². The van der Waals surface area contributed by atoms with Gasteiger partial charge in [0.25, 0.3) is 0 Å². The van der Waals surface area contributed by atoms with Crippen LogP contribution in [-0.2, 0) is 14.4 Å². The van der Waals surface area contributed by atoms with Gasteiger partial charge in [0.1, 0.15) is 6.04 Å². The minimum atomic E-state index is -1.24. The summed E-state index contributed by atoms with van der Waals surface area (Å²) in [6.45, 7) is 1.93. The molecular weight excluding hydrogens is 250 g/mol. The van der Waals surface area contributed by atoms with Crippen LogP contribution >= 0.6 is 0 Å². The summed E-state index contributed by atoms with van der Waals surface area (Å²) in [5.41, 5.74) is 4.94. The van der Waals surface area contributed by atoms with E-state index in [2.05, 4.69) is 10.6 Å². The quantitative estimate of drug-likeness (QED) is 0.483. The summed E-state index contributed by atoms with van der Waals surface area (Å²) < 4.78 is 0. The number of hydrogen-bond acceptors (Lipinski definition) is 4. The minimum absolute atomic E-state index is 0.285. The fourth-order valence-corrected chi connectivity index (χ4v) is 2.17. The standard InChI is InChI=1S/C12H21N3O4/c13-10(16)7-9(12(18)19)15-11(17)2-1-8-3-5-14-6-4-8/h8-9,14H,1-7H2,(H2,13,16)(H,15,17)(H,18,19).